The zero-order chi connectivity index (χ0) is 19.3. The molecule has 3 heterocycles. The summed E-state index contributed by atoms with van der Waals surface area (Å²) in [6.07, 6.45) is 4.56. The maximum Gasteiger partial charge on any atom is 0.229 e. The number of benzene rings is 1. The van der Waals surface area contributed by atoms with Gasteiger partial charge in [0, 0.05) is 37.9 Å². The second-order valence-corrected chi connectivity index (χ2v) is 7.31. The minimum Gasteiger partial charge on any atom is -0.355 e. The fourth-order valence-electron chi connectivity index (χ4n) is 3.30. The molecule has 1 saturated heterocycles. The van der Waals surface area contributed by atoms with Crippen molar-refractivity contribution in [3.8, 4) is 5.69 Å². The number of hydrogen-bond acceptors (Lipinski definition) is 6. The summed E-state index contributed by atoms with van der Waals surface area (Å²) in [5.74, 6) is 1.60. The molecule has 2 aromatic heterocycles. The smallest absolute Gasteiger partial charge is 0.229 e. The molecule has 1 aromatic carbocycles. The molecule has 9 heteroatoms. The van der Waals surface area contributed by atoms with Gasteiger partial charge in [0.1, 0.15) is 12.1 Å². The predicted molar refractivity (Wildman–Crippen MR) is 113 cm³/mol. The second-order valence-electron chi connectivity index (χ2n) is 6.53. The van der Waals surface area contributed by atoms with Crippen molar-refractivity contribution in [2.24, 2.45) is 0 Å². The van der Waals surface area contributed by atoms with E-state index in [0.29, 0.717) is 22.5 Å². The highest BCUT2D eigenvalue weighted by Crippen LogP contribution is 2.30. The number of hydrogen-bond donors (Lipinski definition) is 2. The van der Waals surface area contributed by atoms with E-state index >= 15 is 0 Å². The maximum atomic E-state index is 6.36. The van der Waals surface area contributed by atoms with Crippen LogP contribution in [0.3, 0.4) is 0 Å². The van der Waals surface area contributed by atoms with E-state index < -0.39 is 0 Å². The number of nitrogens with zero attached hydrogens (tertiary/aromatic N) is 5. The first-order valence-corrected chi connectivity index (χ1v) is 9.97. The summed E-state index contributed by atoms with van der Waals surface area (Å²) >= 11 is 12.5. The van der Waals surface area contributed by atoms with Crippen LogP contribution in [-0.4, -0.2) is 45.9 Å². The van der Waals surface area contributed by atoms with Crippen molar-refractivity contribution in [2.45, 2.75) is 13.0 Å². The van der Waals surface area contributed by atoms with E-state index in [4.69, 9.17) is 23.2 Å². The van der Waals surface area contributed by atoms with Crippen LogP contribution in [0.2, 0.25) is 10.0 Å². The van der Waals surface area contributed by atoms with Gasteiger partial charge in [-0.1, -0.05) is 35.3 Å². The van der Waals surface area contributed by atoms with Crippen molar-refractivity contribution >= 4 is 35.0 Å². The molecule has 0 radical (unpaired) electrons. The van der Waals surface area contributed by atoms with Gasteiger partial charge >= 0.3 is 0 Å². The number of rotatable bonds is 5. The van der Waals surface area contributed by atoms with Crippen LogP contribution in [0.4, 0.5) is 11.8 Å². The number of aromatic nitrogens is 4. The molecule has 0 amide bonds. The van der Waals surface area contributed by atoms with Crippen LogP contribution in [0.1, 0.15) is 12.0 Å². The number of pyridine rings is 1. The SMILES string of the molecule is Clc1cccc(-n2cnnc2NCc2cccnc2N2CCCNCC2)c1Cl. The van der Waals surface area contributed by atoms with Crippen LogP contribution in [0.15, 0.2) is 42.9 Å². The van der Waals surface area contributed by atoms with E-state index in [1.54, 1.807) is 17.0 Å². The van der Waals surface area contributed by atoms with Crippen molar-refractivity contribution < 1.29 is 0 Å². The molecule has 28 heavy (non-hydrogen) atoms. The second kappa shape index (κ2) is 8.77. The van der Waals surface area contributed by atoms with Gasteiger partial charge in [0.05, 0.1) is 15.7 Å². The van der Waals surface area contributed by atoms with E-state index in [2.05, 4.69) is 36.8 Å². The molecule has 0 saturated carbocycles. The first-order chi connectivity index (χ1) is 13.7. The summed E-state index contributed by atoms with van der Waals surface area (Å²) < 4.78 is 1.79. The Kier molecular flexibility index (Phi) is 5.95. The monoisotopic (exact) mass is 417 g/mol. The van der Waals surface area contributed by atoms with E-state index in [-0.39, 0.29) is 0 Å². The number of anilines is 2. The Hall–Kier alpha value is -2.35. The van der Waals surface area contributed by atoms with Crippen LogP contribution in [0.5, 0.6) is 0 Å². The van der Waals surface area contributed by atoms with Crippen molar-refractivity contribution in [3.63, 3.8) is 0 Å². The highest BCUT2D eigenvalue weighted by atomic mass is 35.5. The Morgan fingerprint density at radius 3 is 2.96 bits per heavy atom. The molecule has 0 atom stereocenters. The van der Waals surface area contributed by atoms with E-state index in [1.165, 1.54) is 0 Å². The summed E-state index contributed by atoms with van der Waals surface area (Å²) in [6.45, 7) is 4.51. The van der Waals surface area contributed by atoms with Crippen LogP contribution >= 0.6 is 23.2 Å². The third kappa shape index (κ3) is 4.06. The minimum atomic E-state index is 0.464. The van der Waals surface area contributed by atoms with Gasteiger partial charge in [-0.2, -0.15) is 0 Å². The van der Waals surface area contributed by atoms with Crippen LogP contribution < -0.4 is 15.5 Å². The molecule has 0 bridgehead atoms. The van der Waals surface area contributed by atoms with Gasteiger partial charge in [0.2, 0.25) is 5.95 Å². The fourth-order valence-corrected chi connectivity index (χ4v) is 3.68. The van der Waals surface area contributed by atoms with Gasteiger partial charge in [-0.3, -0.25) is 4.57 Å². The summed E-state index contributed by atoms with van der Waals surface area (Å²) in [4.78, 5) is 6.96. The van der Waals surface area contributed by atoms with E-state index in [0.717, 1.165) is 49.7 Å². The van der Waals surface area contributed by atoms with Crippen molar-refractivity contribution in [3.05, 3.63) is 58.5 Å². The molecule has 3 aromatic rings. The number of nitrogens with one attached hydrogen (secondary N) is 2. The molecule has 2 N–H and O–H groups in total. The molecule has 1 aliphatic heterocycles. The lowest BCUT2D eigenvalue weighted by Crippen LogP contribution is -2.29. The van der Waals surface area contributed by atoms with Crippen molar-refractivity contribution in [1.29, 1.82) is 0 Å². The molecular formula is C19H21Cl2N7. The summed E-state index contributed by atoms with van der Waals surface area (Å²) in [5.41, 5.74) is 1.84. The van der Waals surface area contributed by atoms with Gasteiger partial charge in [-0.05, 0) is 31.2 Å². The first-order valence-electron chi connectivity index (χ1n) is 9.22. The highest BCUT2D eigenvalue weighted by Gasteiger charge is 2.16. The average Bonchev–Trinajstić information content (AvgIpc) is 3.01. The lowest BCUT2D eigenvalue weighted by molar-refractivity contribution is 0.724. The Morgan fingerprint density at radius 2 is 2.04 bits per heavy atom. The largest absolute Gasteiger partial charge is 0.355 e. The summed E-state index contributed by atoms with van der Waals surface area (Å²) in [7, 11) is 0. The first kappa shape index (κ1) is 19.0. The third-order valence-electron chi connectivity index (χ3n) is 4.68. The standard InChI is InChI=1S/C19H21Cl2N7/c20-15-5-1-6-16(17(15)21)28-13-25-26-19(28)24-12-14-4-2-8-23-18(14)27-10-3-7-22-9-11-27/h1-2,4-6,8,13,22H,3,7,9-12H2,(H,24,26). The predicted octanol–water partition coefficient (Wildman–Crippen LogP) is 3.38. The molecular weight excluding hydrogens is 397 g/mol. The van der Waals surface area contributed by atoms with Gasteiger partial charge < -0.3 is 15.5 Å². The topological polar surface area (TPSA) is 70.9 Å². The fraction of sp³-hybridized carbons (Fsp3) is 0.316. The van der Waals surface area contributed by atoms with Gasteiger partial charge in [-0.25, -0.2) is 4.98 Å². The highest BCUT2D eigenvalue weighted by molar-refractivity contribution is 6.43. The molecule has 0 aliphatic carbocycles. The van der Waals surface area contributed by atoms with Crippen LogP contribution in [0, 0.1) is 0 Å². The molecule has 4 rings (SSSR count). The quantitative estimate of drug-likeness (QED) is 0.662. The lowest BCUT2D eigenvalue weighted by Gasteiger charge is -2.24. The summed E-state index contributed by atoms with van der Waals surface area (Å²) in [5, 5.41) is 15.9. The lowest BCUT2D eigenvalue weighted by atomic mass is 10.2. The van der Waals surface area contributed by atoms with Gasteiger partial charge in [0.15, 0.2) is 0 Å². The van der Waals surface area contributed by atoms with E-state index in [1.807, 2.05) is 24.4 Å². The molecule has 1 aliphatic rings. The Morgan fingerprint density at radius 1 is 1.11 bits per heavy atom. The Balaban J connectivity index is 1.55. The molecule has 7 nitrogen and oxygen atoms in total. The van der Waals surface area contributed by atoms with E-state index in [9.17, 15) is 0 Å². The van der Waals surface area contributed by atoms with Crippen molar-refractivity contribution in [1.82, 2.24) is 25.1 Å². The molecule has 146 valence electrons. The Labute approximate surface area is 173 Å². The average molecular weight is 418 g/mol. The normalized spacial score (nSPS) is 14.7. The van der Waals surface area contributed by atoms with Crippen molar-refractivity contribution in [2.75, 3.05) is 36.4 Å². The number of halogens is 2. The van der Waals surface area contributed by atoms with Crippen LogP contribution in [0.25, 0.3) is 5.69 Å². The zero-order valence-electron chi connectivity index (χ0n) is 15.3. The Bertz CT molecular complexity index is 936. The third-order valence-corrected chi connectivity index (χ3v) is 5.49. The molecule has 0 unspecified atom stereocenters. The zero-order valence-corrected chi connectivity index (χ0v) is 16.8. The van der Waals surface area contributed by atoms with Gasteiger partial charge in [-0.15, -0.1) is 10.2 Å². The molecule has 1 fully saturated rings. The van der Waals surface area contributed by atoms with Gasteiger partial charge in [0.25, 0.3) is 0 Å². The maximum absolute atomic E-state index is 6.36. The minimum absolute atomic E-state index is 0.464. The molecule has 0 spiro atoms. The summed E-state index contributed by atoms with van der Waals surface area (Å²) in [6, 6.07) is 9.51. The van der Waals surface area contributed by atoms with Crippen LogP contribution in [-0.2, 0) is 6.54 Å².